The molecular formula is C14H16ClN3O2. The van der Waals surface area contributed by atoms with Crippen LogP contribution in [0.15, 0.2) is 18.3 Å². The van der Waals surface area contributed by atoms with Crippen LogP contribution in [-0.2, 0) is 13.0 Å². The molecule has 1 aromatic carbocycles. The van der Waals surface area contributed by atoms with Gasteiger partial charge in [-0.15, -0.1) is 5.10 Å². The highest BCUT2D eigenvalue weighted by Gasteiger charge is 2.18. The van der Waals surface area contributed by atoms with Gasteiger partial charge in [0.2, 0.25) is 0 Å². The molecule has 1 atom stereocenters. The summed E-state index contributed by atoms with van der Waals surface area (Å²) in [5.41, 5.74) is 2.72. The molecule has 0 bridgehead atoms. The summed E-state index contributed by atoms with van der Waals surface area (Å²) in [7, 11) is 0. The minimum atomic E-state index is -0.565. The summed E-state index contributed by atoms with van der Waals surface area (Å²) in [6.45, 7) is 3.13. The zero-order valence-corrected chi connectivity index (χ0v) is 12.0. The molecular weight excluding hydrogens is 278 g/mol. The Labute approximate surface area is 122 Å². The Bertz CT molecular complexity index is 627. The van der Waals surface area contributed by atoms with Crippen molar-refractivity contribution in [2.45, 2.75) is 32.4 Å². The molecule has 0 saturated heterocycles. The Morgan fingerprint density at radius 1 is 1.50 bits per heavy atom. The molecule has 0 saturated carbocycles. The Morgan fingerprint density at radius 3 is 3.15 bits per heavy atom. The lowest BCUT2D eigenvalue weighted by Crippen LogP contribution is -2.02. The predicted octanol–water partition coefficient (Wildman–Crippen LogP) is 2.36. The number of aliphatic hydroxyl groups excluding tert-OH is 1. The maximum absolute atomic E-state index is 9.75. The van der Waals surface area contributed by atoms with Crippen molar-refractivity contribution in [2.75, 3.05) is 6.61 Å². The van der Waals surface area contributed by atoms with E-state index in [1.165, 1.54) is 0 Å². The Morgan fingerprint density at radius 2 is 2.35 bits per heavy atom. The van der Waals surface area contributed by atoms with Crippen LogP contribution in [0.1, 0.15) is 36.3 Å². The molecule has 3 rings (SSSR count). The topological polar surface area (TPSA) is 60.2 Å². The second kappa shape index (κ2) is 5.42. The van der Waals surface area contributed by atoms with Gasteiger partial charge in [0.25, 0.3) is 0 Å². The molecule has 5 nitrogen and oxygen atoms in total. The highest BCUT2D eigenvalue weighted by Crippen LogP contribution is 2.33. The molecule has 1 aromatic heterocycles. The maximum Gasteiger partial charge on any atom is 0.127 e. The van der Waals surface area contributed by atoms with E-state index in [1.54, 1.807) is 10.9 Å². The number of hydrogen-bond donors (Lipinski definition) is 1. The molecule has 106 valence electrons. The average molecular weight is 294 g/mol. The fraction of sp³-hybridized carbons (Fsp3) is 0.429. The zero-order valence-electron chi connectivity index (χ0n) is 11.2. The van der Waals surface area contributed by atoms with E-state index >= 15 is 0 Å². The van der Waals surface area contributed by atoms with Crippen LogP contribution in [0.4, 0.5) is 0 Å². The fourth-order valence-corrected chi connectivity index (χ4v) is 2.65. The molecule has 0 amide bonds. The summed E-state index contributed by atoms with van der Waals surface area (Å²) in [5, 5.41) is 18.5. The average Bonchev–Trinajstić information content (AvgIpc) is 3.06. The number of aromatic nitrogens is 3. The van der Waals surface area contributed by atoms with Crippen LogP contribution in [0.2, 0.25) is 5.02 Å². The predicted molar refractivity (Wildman–Crippen MR) is 75.0 cm³/mol. The smallest absolute Gasteiger partial charge is 0.127 e. The molecule has 2 aromatic rings. The molecule has 0 aliphatic carbocycles. The van der Waals surface area contributed by atoms with Gasteiger partial charge in [-0.25, -0.2) is 4.68 Å². The van der Waals surface area contributed by atoms with Gasteiger partial charge in [0.1, 0.15) is 11.4 Å². The van der Waals surface area contributed by atoms with E-state index in [2.05, 4.69) is 10.3 Å². The van der Waals surface area contributed by atoms with E-state index in [0.29, 0.717) is 30.3 Å². The first kappa shape index (κ1) is 13.4. The molecule has 0 fully saturated rings. The fourth-order valence-electron chi connectivity index (χ4n) is 2.39. The highest BCUT2D eigenvalue weighted by atomic mass is 35.5. The van der Waals surface area contributed by atoms with Gasteiger partial charge in [-0.05, 0) is 24.1 Å². The lowest BCUT2D eigenvalue weighted by Gasteiger charge is -2.08. The van der Waals surface area contributed by atoms with Crippen LogP contribution in [0, 0.1) is 0 Å². The second-order valence-corrected chi connectivity index (χ2v) is 5.35. The molecule has 6 heteroatoms. The number of benzene rings is 1. The number of fused-ring (bicyclic) bond motifs is 1. The van der Waals surface area contributed by atoms with E-state index in [1.807, 2.05) is 19.1 Å². The Kier molecular flexibility index (Phi) is 3.63. The molecule has 1 N–H and O–H groups in total. The van der Waals surface area contributed by atoms with E-state index in [4.69, 9.17) is 16.3 Å². The largest absolute Gasteiger partial charge is 0.493 e. The van der Waals surface area contributed by atoms with Crippen molar-refractivity contribution in [3.63, 3.8) is 0 Å². The van der Waals surface area contributed by atoms with Gasteiger partial charge in [0.05, 0.1) is 25.5 Å². The molecule has 1 unspecified atom stereocenters. The standard InChI is InChI=1S/C14H16ClN3O2/c1-2-13(19)12-8-18(17-16-12)7-10-6-11(15)5-9-3-4-20-14(9)10/h5-6,8,13,19H,2-4,7H2,1H3. The first-order valence-electron chi connectivity index (χ1n) is 6.69. The van der Waals surface area contributed by atoms with Gasteiger partial charge >= 0.3 is 0 Å². The van der Waals surface area contributed by atoms with Crippen molar-refractivity contribution >= 4 is 11.6 Å². The minimum absolute atomic E-state index is 0.534. The van der Waals surface area contributed by atoms with Gasteiger partial charge in [0, 0.05) is 17.0 Å². The van der Waals surface area contributed by atoms with Crippen LogP contribution in [0.3, 0.4) is 0 Å². The molecule has 0 radical (unpaired) electrons. The normalized spacial score (nSPS) is 14.9. The van der Waals surface area contributed by atoms with Crippen molar-refractivity contribution < 1.29 is 9.84 Å². The molecule has 1 aliphatic rings. The van der Waals surface area contributed by atoms with E-state index in [-0.39, 0.29) is 0 Å². The number of nitrogens with zero attached hydrogens (tertiary/aromatic N) is 3. The van der Waals surface area contributed by atoms with Gasteiger partial charge in [0.15, 0.2) is 0 Å². The summed E-state index contributed by atoms with van der Waals surface area (Å²) >= 11 is 6.13. The van der Waals surface area contributed by atoms with Crippen LogP contribution < -0.4 is 4.74 Å². The van der Waals surface area contributed by atoms with E-state index in [9.17, 15) is 5.11 Å². The number of halogens is 1. The van der Waals surface area contributed by atoms with Gasteiger partial charge < -0.3 is 9.84 Å². The summed E-state index contributed by atoms with van der Waals surface area (Å²) in [6, 6.07) is 3.84. The summed E-state index contributed by atoms with van der Waals surface area (Å²) in [5.74, 6) is 0.905. The SMILES string of the molecule is CCC(O)c1cn(Cc2cc(Cl)cc3c2OCC3)nn1. The van der Waals surface area contributed by atoms with Crippen molar-refractivity contribution in [1.29, 1.82) is 0 Å². The Hall–Kier alpha value is -1.59. The van der Waals surface area contributed by atoms with Crippen LogP contribution >= 0.6 is 11.6 Å². The Balaban J connectivity index is 1.86. The molecule has 0 spiro atoms. The van der Waals surface area contributed by atoms with Crippen molar-refractivity contribution in [1.82, 2.24) is 15.0 Å². The van der Waals surface area contributed by atoms with Crippen molar-refractivity contribution in [2.24, 2.45) is 0 Å². The lowest BCUT2D eigenvalue weighted by atomic mass is 10.1. The highest BCUT2D eigenvalue weighted by molar-refractivity contribution is 6.30. The monoisotopic (exact) mass is 293 g/mol. The summed E-state index contributed by atoms with van der Waals surface area (Å²) in [6.07, 6.45) is 2.70. The zero-order chi connectivity index (χ0) is 14.1. The number of aliphatic hydroxyl groups is 1. The minimum Gasteiger partial charge on any atom is -0.493 e. The van der Waals surface area contributed by atoms with Crippen molar-refractivity contribution in [3.05, 3.63) is 40.2 Å². The van der Waals surface area contributed by atoms with Crippen molar-refractivity contribution in [3.8, 4) is 5.75 Å². The molecule has 1 aliphatic heterocycles. The van der Waals surface area contributed by atoms with Gasteiger partial charge in [-0.1, -0.05) is 23.7 Å². The van der Waals surface area contributed by atoms with Crippen LogP contribution in [-0.4, -0.2) is 26.7 Å². The lowest BCUT2D eigenvalue weighted by molar-refractivity contribution is 0.168. The summed E-state index contributed by atoms with van der Waals surface area (Å²) < 4.78 is 7.36. The van der Waals surface area contributed by atoms with Gasteiger partial charge in [-0.3, -0.25) is 0 Å². The van der Waals surface area contributed by atoms with Crippen LogP contribution in [0.5, 0.6) is 5.75 Å². The third-order valence-corrected chi connectivity index (χ3v) is 3.66. The maximum atomic E-state index is 9.75. The quantitative estimate of drug-likeness (QED) is 0.940. The first-order chi connectivity index (χ1) is 9.67. The summed E-state index contributed by atoms with van der Waals surface area (Å²) in [4.78, 5) is 0. The number of ether oxygens (including phenoxy) is 1. The third kappa shape index (κ3) is 2.51. The first-order valence-corrected chi connectivity index (χ1v) is 7.07. The molecule has 20 heavy (non-hydrogen) atoms. The number of rotatable bonds is 4. The van der Waals surface area contributed by atoms with Gasteiger partial charge in [-0.2, -0.15) is 0 Å². The van der Waals surface area contributed by atoms with E-state index < -0.39 is 6.10 Å². The molecule has 2 heterocycles. The van der Waals surface area contributed by atoms with E-state index in [0.717, 1.165) is 23.3 Å². The second-order valence-electron chi connectivity index (χ2n) is 4.92. The third-order valence-electron chi connectivity index (χ3n) is 3.44. The van der Waals surface area contributed by atoms with Crippen LogP contribution in [0.25, 0.3) is 0 Å². The number of hydrogen-bond acceptors (Lipinski definition) is 4.